The fraction of sp³-hybridized carbons (Fsp3) is 0.462. The lowest BCUT2D eigenvalue weighted by atomic mass is 10.4. The number of aromatic nitrogens is 3. The normalized spacial score (nSPS) is 16.0. The summed E-state index contributed by atoms with van der Waals surface area (Å²) in [5.74, 6) is 0.477. The summed E-state index contributed by atoms with van der Waals surface area (Å²) >= 11 is 1.27. The van der Waals surface area contributed by atoms with Crippen LogP contribution in [0.1, 0.15) is 12.7 Å². The summed E-state index contributed by atoms with van der Waals surface area (Å²) < 4.78 is 4.87. The molecular weight excluding hydrogens is 320 g/mol. The van der Waals surface area contributed by atoms with Crippen LogP contribution < -0.4 is 10.6 Å². The molecular formula is C13H18N6O3S. The number of esters is 1. The van der Waals surface area contributed by atoms with E-state index in [0.29, 0.717) is 16.8 Å². The van der Waals surface area contributed by atoms with Gasteiger partial charge < -0.3 is 15.4 Å². The van der Waals surface area contributed by atoms with Gasteiger partial charge in [-0.2, -0.15) is 15.0 Å². The third-order valence-electron chi connectivity index (χ3n) is 2.83. The summed E-state index contributed by atoms with van der Waals surface area (Å²) in [6.07, 6.45) is 1.30. The predicted molar refractivity (Wildman–Crippen MR) is 86.3 cm³/mol. The zero-order valence-electron chi connectivity index (χ0n) is 13.1. The minimum absolute atomic E-state index is 0.0777. The van der Waals surface area contributed by atoms with Crippen molar-refractivity contribution in [1.29, 1.82) is 0 Å². The first-order chi connectivity index (χ1) is 10.9. The Morgan fingerprint density at radius 3 is 2.83 bits per heavy atom. The Morgan fingerprint density at radius 2 is 2.17 bits per heavy atom. The Labute approximate surface area is 137 Å². The average molecular weight is 338 g/mol. The number of hydrogen-bond donors (Lipinski definition) is 1. The molecule has 23 heavy (non-hydrogen) atoms. The number of carbonyl (C=O) groups is 2. The van der Waals surface area contributed by atoms with Crippen LogP contribution in [-0.4, -0.2) is 58.2 Å². The van der Waals surface area contributed by atoms with Crippen molar-refractivity contribution >= 4 is 35.5 Å². The van der Waals surface area contributed by atoms with Crippen molar-refractivity contribution in [3.63, 3.8) is 0 Å². The number of nitrogens with zero attached hydrogens (tertiary/aromatic N) is 5. The molecule has 9 nitrogen and oxygen atoms in total. The quantitative estimate of drug-likeness (QED) is 0.585. The van der Waals surface area contributed by atoms with Crippen LogP contribution in [0.25, 0.3) is 0 Å². The lowest BCUT2D eigenvalue weighted by Crippen LogP contribution is -2.26. The van der Waals surface area contributed by atoms with E-state index in [1.807, 2.05) is 0 Å². The summed E-state index contributed by atoms with van der Waals surface area (Å²) in [7, 11) is 3.56. The summed E-state index contributed by atoms with van der Waals surface area (Å²) in [5.41, 5.74) is 5.67. The van der Waals surface area contributed by atoms with E-state index < -0.39 is 5.97 Å². The first-order valence-electron chi connectivity index (χ1n) is 6.90. The van der Waals surface area contributed by atoms with Crippen LogP contribution in [0.3, 0.4) is 0 Å². The number of ether oxygens (including phenoxy) is 1. The average Bonchev–Trinajstić information content (AvgIpc) is 2.80. The molecule has 1 fully saturated rings. The van der Waals surface area contributed by atoms with Crippen LogP contribution in [0.5, 0.6) is 0 Å². The van der Waals surface area contributed by atoms with Gasteiger partial charge in [0, 0.05) is 14.1 Å². The number of nitrogen functional groups attached to an aromatic ring is 1. The van der Waals surface area contributed by atoms with Crippen molar-refractivity contribution in [2.45, 2.75) is 13.5 Å². The maximum absolute atomic E-state index is 12.0. The number of amides is 1. The lowest BCUT2D eigenvalue weighted by molar-refractivity contribution is -0.137. The number of rotatable bonds is 5. The molecule has 1 aliphatic heterocycles. The zero-order valence-corrected chi connectivity index (χ0v) is 14.0. The molecule has 0 aromatic carbocycles. The SMILES string of the molecule is CCOC(=O)/C=C1/SCC(=O)N1Cc1nc(N)nc(N(C)C)n1. The third kappa shape index (κ3) is 4.31. The molecule has 0 spiro atoms. The Kier molecular flexibility index (Phi) is 5.37. The first kappa shape index (κ1) is 17.0. The molecule has 1 aliphatic rings. The van der Waals surface area contributed by atoms with Crippen LogP contribution in [0, 0.1) is 0 Å². The van der Waals surface area contributed by atoms with Gasteiger partial charge in [0.2, 0.25) is 17.8 Å². The van der Waals surface area contributed by atoms with Crippen molar-refractivity contribution in [2.75, 3.05) is 37.1 Å². The summed E-state index contributed by atoms with van der Waals surface area (Å²) in [4.78, 5) is 39.1. The minimum atomic E-state index is -0.487. The maximum Gasteiger partial charge on any atom is 0.333 e. The van der Waals surface area contributed by atoms with Crippen LogP contribution in [-0.2, 0) is 20.9 Å². The van der Waals surface area contributed by atoms with Crippen molar-refractivity contribution in [3.05, 3.63) is 16.9 Å². The van der Waals surface area contributed by atoms with E-state index in [4.69, 9.17) is 10.5 Å². The topological polar surface area (TPSA) is 115 Å². The van der Waals surface area contributed by atoms with Gasteiger partial charge >= 0.3 is 5.97 Å². The van der Waals surface area contributed by atoms with Gasteiger partial charge in [-0.1, -0.05) is 11.8 Å². The second kappa shape index (κ2) is 7.27. The van der Waals surface area contributed by atoms with Crippen LogP contribution in [0.15, 0.2) is 11.1 Å². The molecule has 2 rings (SSSR count). The summed E-state index contributed by atoms with van der Waals surface area (Å²) in [5, 5.41) is 0.513. The van der Waals surface area contributed by atoms with Gasteiger partial charge in [-0.25, -0.2) is 4.79 Å². The highest BCUT2D eigenvalue weighted by Crippen LogP contribution is 2.30. The van der Waals surface area contributed by atoms with Gasteiger partial charge in [0.15, 0.2) is 5.82 Å². The zero-order chi connectivity index (χ0) is 17.0. The molecule has 0 radical (unpaired) electrons. The van der Waals surface area contributed by atoms with E-state index >= 15 is 0 Å². The first-order valence-corrected chi connectivity index (χ1v) is 7.88. The van der Waals surface area contributed by atoms with Gasteiger partial charge in [0.1, 0.15) is 0 Å². The molecule has 1 amide bonds. The third-order valence-corrected chi connectivity index (χ3v) is 3.85. The van der Waals surface area contributed by atoms with Crippen molar-refractivity contribution in [2.24, 2.45) is 0 Å². The molecule has 0 unspecified atom stereocenters. The Morgan fingerprint density at radius 1 is 1.43 bits per heavy atom. The number of carbonyl (C=O) groups excluding carboxylic acids is 2. The molecule has 1 aromatic rings. The Balaban J connectivity index is 2.23. The molecule has 0 aliphatic carbocycles. The fourth-order valence-electron chi connectivity index (χ4n) is 1.82. The van der Waals surface area contributed by atoms with Crippen molar-refractivity contribution in [3.8, 4) is 0 Å². The van der Waals surface area contributed by atoms with E-state index in [0.717, 1.165) is 0 Å². The second-order valence-electron chi connectivity index (χ2n) is 4.81. The van der Waals surface area contributed by atoms with Gasteiger partial charge in [0.25, 0.3) is 0 Å². The molecule has 0 bridgehead atoms. The minimum Gasteiger partial charge on any atom is -0.463 e. The van der Waals surface area contributed by atoms with E-state index in [-0.39, 0.29) is 30.8 Å². The van der Waals surface area contributed by atoms with Crippen LogP contribution in [0.4, 0.5) is 11.9 Å². The monoisotopic (exact) mass is 338 g/mol. The van der Waals surface area contributed by atoms with E-state index in [1.165, 1.54) is 22.7 Å². The van der Waals surface area contributed by atoms with E-state index in [9.17, 15) is 9.59 Å². The maximum atomic E-state index is 12.0. The molecule has 10 heteroatoms. The number of nitrogens with two attached hydrogens (primary N) is 1. The van der Waals surface area contributed by atoms with E-state index in [2.05, 4.69) is 15.0 Å². The Hall–Kier alpha value is -2.36. The van der Waals surface area contributed by atoms with Crippen molar-refractivity contribution in [1.82, 2.24) is 19.9 Å². The number of hydrogen-bond acceptors (Lipinski definition) is 9. The predicted octanol–water partition coefficient (Wildman–Crippen LogP) is -0.000300. The fourth-order valence-corrected chi connectivity index (χ4v) is 2.75. The molecule has 124 valence electrons. The van der Waals surface area contributed by atoms with Crippen LogP contribution in [0.2, 0.25) is 0 Å². The standard InChI is InChI=1S/C13H18N6O3S/c1-4-22-11(21)5-10-19(9(20)7-23-10)6-8-15-12(14)17-13(16-8)18(2)3/h5H,4,6-7H2,1-3H3,(H2,14,15,16,17)/b10-5+. The highest BCUT2D eigenvalue weighted by molar-refractivity contribution is 8.04. The molecule has 0 atom stereocenters. The number of anilines is 2. The largest absolute Gasteiger partial charge is 0.463 e. The molecule has 1 aromatic heterocycles. The summed E-state index contributed by atoms with van der Waals surface area (Å²) in [6, 6.07) is 0. The van der Waals surface area contributed by atoms with Crippen molar-refractivity contribution < 1.29 is 14.3 Å². The molecule has 0 saturated carbocycles. The lowest BCUT2D eigenvalue weighted by Gasteiger charge is -2.17. The number of thioether (sulfide) groups is 1. The van der Waals surface area contributed by atoms with Crippen LogP contribution >= 0.6 is 11.8 Å². The highest BCUT2D eigenvalue weighted by Gasteiger charge is 2.28. The van der Waals surface area contributed by atoms with Gasteiger partial charge in [-0.15, -0.1) is 0 Å². The molecule has 1 saturated heterocycles. The summed E-state index contributed by atoms with van der Waals surface area (Å²) in [6.45, 7) is 2.11. The van der Waals surface area contributed by atoms with E-state index in [1.54, 1.807) is 25.9 Å². The highest BCUT2D eigenvalue weighted by atomic mass is 32.2. The van der Waals surface area contributed by atoms with Gasteiger partial charge in [-0.3, -0.25) is 9.69 Å². The van der Waals surface area contributed by atoms with Gasteiger partial charge in [0.05, 0.1) is 30.0 Å². The molecule has 2 heterocycles. The second-order valence-corrected chi connectivity index (χ2v) is 5.80. The smallest absolute Gasteiger partial charge is 0.333 e. The molecule has 2 N–H and O–H groups in total. The Bertz CT molecular complexity index is 649. The van der Waals surface area contributed by atoms with Gasteiger partial charge in [-0.05, 0) is 6.92 Å².